The van der Waals surface area contributed by atoms with Crippen LogP contribution >= 0.6 is 0 Å². The van der Waals surface area contributed by atoms with Crippen molar-refractivity contribution in [1.29, 1.82) is 0 Å². The van der Waals surface area contributed by atoms with Gasteiger partial charge in [-0.1, -0.05) is 12.1 Å². The maximum absolute atomic E-state index is 11.8. The lowest BCUT2D eigenvalue weighted by molar-refractivity contribution is 0.122. The van der Waals surface area contributed by atoms with E-state index in [1.807, 2.05) is 30.5 Å². The smallest absolute Gasteiger partial charge is 0.216 e. The number of H-pyrrole nitrogens is 1. The fourth-order valence-corrected chi connectivity index (χ4v) is 5.55. The molecule has 0 atom stereocenters. The molecule has 0 aliphatic carbocycles. The average molecular weight is 498 g/mol. The summed E-state index contributed by atoms with van der Waals surface area (Å²) in [5.41, 5.74) is 3.05. The van der Waals surface area contributed by atoms with E-state index in [9.17, 15) is 8.42 Å². The molecule has 6 rings (SSSR count). The van der Waals surface area contributed by atoms with Crippen LogP contribution in [0.25, 0.3) is 33.5 Å². The van der Waals surface area contributed by atoms with Crippen LogP contribution < -0.4 is 4.90 Å². The van der Waals surface area contributed by atoms with Gasteiger partial charge < -0.3 is 19.0 Å². The summed E-state index contributed by atoms with van der Waals surface area (Å²) in [7, 11) is -3.17. The van der Waals surface area contributed by atoms with Crippen LogP contribution in [0.1, 0.15) is 5.89 Å². The maximum atomic E-state index is 11.8. The molecule has 3 aromatic heterocycles. The van der Waals surface area contributed by atoms with Crippen molar-refractivity contribution in [3.8, 4) is 11.4 Å². The number of morpholine rings is 1. The molecule has 4 aromatic rings. The van der Waals surface area contributed by atoms with E-state index in [0.29, 0.717) is 82.0 Å². The molecule has 0 radical (unpaired) electrons. The van der Waals surface area contributed by atoms with Gasteiger partial charge in [-0.25, -0.2) is 18.4 Å². The zero-order valence-corrected chi connectivity index (χ0v) is 20.3. The van der Waals surface area contributed by atoms with Crippen molar-refractivity contribution in [2.24, 2.45) is 0 Å². The second-order valence-electron chi connectivity index (χ2n) is 8.91. The van der Waals surface area contributed by atoms with Crippen LogP contribution in [0.5, 0.6) is 0 Å². The minimum absolute atomic E-state index is 0.461. The number of nitrogens with zero attached hydrogens (tertiary/aromatic N) is 6. The fourth-order valence-electron chi connectivity index (χ4n) is 4.72. The summed E-state index contributed by atoms with van der Waals surface area (Å²) in [6, 6.07) is 8.05. The molecular formula is C23H27N7O4S. The van der Waals surface area contributed by atoms with Gasteiger partial charge in [-0.05, 0) is 12.1 Å². The third-order valence-corrected chi connectivity index (χ3v) is 7.89. The molecule has 184 valence electrons. The highest BCUT2D eigenvalue weighted by molar-refractivity contribution is 7.88. The van der Waals surface area contributed by atoms with Crippen LogP contribution in [0, 0.1) is 0 Å². The molecule has 2 aliphatic rings. The molecule has 2 aliphatic heterocycles. The number of nitrogens with one attached hydrogen (secondary N) is 1. The van der Waals surface area contributed by atoms with Crippen LogP contribution in [0.4, 0.5) is 5.82 Å². The van der Waals surface area contributed by atoms with E-state index in [2.05, 4.69) is 14.8 Å². The van der Waals surface area contributed by atoms with Gasteiger partial charge in [0.1, 0.15) is 0 Å². The topological polar surface area (TPSA) is 121 Å². The van der Waals surface area contributed by atoms with Gasteiger partial charge in [0.25, 0.3) is 0 Å². The van der Waals surface area contributed by atoms with Crippen molar-refractivity contribution in [3.63, 3.8) is 0 Å². The van der Waals surface area contributed by atoms with E-state index in [-0.39, 0.29) is 0 Å². The van der Waals surface area contributed by atoms with Crippen molar-refractivity contribution in [2.75, 3.05) is 63.6 Å². The SMILES string of the molecule is CS(=O)(=O)N1CCN(Cc2nc3nc(-c4cccc5[nH]ccc45)nc(N4CCOCC4)c3o2)CC1. The lowest BCUT2D eigenvalue weighted by atomic mass is 10.1. The highest BCUT2D eigenvalue weighted by Crippen LogP contribution is 2.32. The molecule has 5 heterocycles. The van der Waals surface area contributed by atoms with Gasteiger partial charge in [0.2, 0.25) is 27.1 Å². The second-order valence-corrected chi connectivity index (χ2v) is 10.9. The van der Waals surface area contributed by atoms with Gasteiger partial charge in [-0.15, -0.1) is 0 Å². The minimum atomic E-state index is -3.17. The summed E-state index contributed by atoms with van der Waals surface area (Å²) in [5, 5.41) is 1.05. The first kappa shape index (κ1) is 22.4. The minimum Gasteiger partial charge on any atom is -0.434 e. The van der Waals surface area contributed by atoms with E-state index < -0.39 is 10.0 Å². The van der Waals surface area contributed by atoms with Crippen LogP contribution in [-0.2, 0) is 21.3 Å². The molecule has 2 saturated heterocycles. The number of oxazole rings is 1. The molecule has 12 heteroatoms. The van der Waals surface area contributed by atoms with E-state index >= 15 is 0 Å². The molecule has 0 bridgehead atoms. The van der Waals surface area contributed by atoms with Crippen molar-refractivity contribution in [2.45, 2.75) is 6.54 Å². The summed E-state index contributed by atoms with van der Waals surface area (Å²) in [6.07, 6.45) is 3.16. The Morgan fingerprint density at radius 2 is 1.80 bits per heavy atom. The third kappa shape index (κ3) is 4.38. The Bertz CT molecular complexity index is 1470. The first-order valence-electron chi connectivity index (χ1n) is 11.7. The Balaban J connectivity index is 1.36. The summed E-state index contributed by atoms with van der Waals surface area (Å²) in [6.45, 7) is 5.32. The number of benzene rings is 1. The van der Waals surface area contributed by atoms with Crippen LogP contribution in [0.2, 0.25) is 0 Å². The molecule has 2 fully saturated rings. The number of aromatic nitrogens is 4. The Hall–Kier alpha value is -3.06. The molecule has 0 amide bonds. The van der Waals surface area contributed by atoms with Gasteiger partial charge in [0.05, 0.1) is 26.0 Å². The van der Waals surface area contributed by atoms with Crippen LogP contribution in [-0.4, -0.2) is 96.3 Å². The van der Waals surface area contributed by atoms with Gasteiger partial charge in [0, 0.05) is 61.9 Å². The Morgan fingerprint density at radius 3 is 2.57 bits per heavy atom. The van der Waals surface area contributed by atoms with Crippen LogP contribution in [0.3, 0.4) is 0 Å². The normalized spacial score (nSPS) is 18.6. The lowest BCUT2D eigenvalue weighted by Gasteiger charge is -2.32. The standard InChI is InChI=1S/C23H27N7O4S/c1-35(31,32)30-9-7-28(8-10-30)15-19-25-22-20(34-19)23(29-11-13-33-14-12-29)27-21(26-22)17-3-2-4-18-16(17)5-6-24-18/h2-6,24H,7-15H2,1H3. The highest BCUT2D eigenvalue weighted by atomic mass is 32.2. The molecule has 1 N–H and O–H groups in total. The summed E-state index contributed by atoms with van der Waals surface area (Å²) in [4.78, 5) is 22.0. The first-order chi connectivity index (χ1) is 17.0. The number of sulfonamides is 1. The zero-order chi connectivity index (χ0) is 24.0. The van der Waals surface area contributed by atoms with Crippen molar-refractivity contribution < 1.29 is 17.6 Å². The van der Waals surface area contributed by atoms with E-state index in [4.69, 9.17) is 24.1 Å². The number of aromatic amines is 1. The van der Waals surface area contributed by atoms with E-state index in [1.165, 1.54) is 10.6 Å². The number of ether oxygens (including phenoxy) is 1. The summed E-state index contributed by atoms with van der Waals surface area (Å²) in [5.74, 6) is 1.88. The maximum Gasteiger partial charge on any atom is 0.216 e. The quantitative estimate of drug-likeness (QED) is 0.439. The zero-order valence-electron chi connectivity index (χ0n) is 19.5. The molecule has 1 aromatic carbocycles. The van der Waals surface area contributed by atoms with E-state index in [0.717, 1.165) is 22.3 Å². The second kappa shape index (κ2) is 8.86. The van der Waals surface area contributed by atoms with Gasteiger partial charge >= 0.3 is 0 Å². The Morgan fingerprint density at radius 1 is 1.00 bits per heavy atom. The number of rotatable bonds is 5. The predicted molar refractivity (Wildman–Crippen MR) is 132 cm³/mol. The molecule has 0 unspecified atom stereocenters. The van der Waals surface area contributed by atoms with Gasteiger partial charge in [-0.3, -0.25) is 4.90 Å². The molecule has 35 heavy (non-hydrogen) atoms. The first-order valence-corrected chi connectivity index (χ1v) is 13.5. The molecular weight excluding hydrogens is 470 g/mol. The third-order valence-electron chi connectivity index (χ3n) is 6.59. The van der Waals surface area contributed by atoms with Crippen molar-refractivity contribution in [3.05, 3.63) is 36.4 Å². The van der Waals surface area contributed by atoms with Crippen molar-refractivity contribution in [1.82, 2.24) is 29.1 Å². The van der Waals surface area contributed by atoms with Crippen LogP contribution in [0.15, 0.2) is 34.9 Å². The Kier molecular flexibility index (Phi) is 5.67. The fraction of sp³-hybridized carbons (Fsp3) is 0.435. The molecule has 0 saturated carbocycles. The number of hydrogen-bond acceptors (Lipinski definition) is 9. The largest absolute Gasteiger partial charge is 0.434 e. The number of fused-ring (bicyclic) bond motifs is 2. The molecule has 0 spiro atoms. The monoisotopic (exact) mass is 497 g/mol. The number of piperazine rings is 1. The highest BCUT2D eigenvalue weighted by Gasteiger charge is 2.26. The predicted octanol–water partition coefficient (Wildman–Crippen LogP) is 1.68. The summed E-state index contributed by atoms with van der Waals surface area (Å²) < 4.78 is 36.9. The van der Waals surface area contributed by atoms with E-state index in [1.54, 1.807) is 0 Å². The summed E-state index contributed by atoms with van der Waals surface area (Å²) >= 11 is 0. The number of hydrogen-bond donors (Lipinski definition) is 1. The van der Waals surface area contributed by atoms with Gasteiger partial charge in [0.15, 0.2) is 11.6 Å². The Labute approximate surface area is 202 Å². The van der Waals surface area contributed by atoms with Gasteiger partial charge in [-0.2, -0.15) is 9.29 Å². The molecule has 11 nitrogen and oxygen atoms in total. The average Bonchev–Trinajstić information content (AvgIpc) is 3.50. The lowest BCUT2D eigenvalue weighted by Crippen LogP contribution is -2.47. The van der Waals surface area contributed by atoms with Crippen molar-refractivity contribution >= 4 is 38.0 Å². The number of anilines is 1.